The van der Waals surface area contributed by atoms with E-state index in [0.29, 0.717) is 11.5 Å². The van der Waals surface area contributed by atoms with Crippen molar-refractivity contribution >= 4 is 12.4 Å². The second-order valence-electron chi connectivity index (χ2n) is 10.7. The van der Waals surface area contributed by atoms with Crippen LogP contribution in [0.3, 0.4) is 0 Å². The first kappa shape index (κ1) is 27.0. The van der Waals surface area contributed by atoms with E-state index < -0.39 is 0 Å². The maximum atomic E-state index is 10.9. The van der Waals surface area contributed by atoms with Gasteiger partial charge in [0.1, 0.15) is 11.5 Å². The number of aryl methyl sites for hydroxylation is 2. The molecule has 2 atom stereocenters. The van der Waals surface area contributed by atoms with Crippen LogP contribution in [0.2, 0.25) is 0 Å². The number of phenolic OH excluding ortho intramolecular Hbond substituents is 2. The molecule has 0 aliphatic heterocycles. The zero-order chi connectivity index (χ0) is 25.5. The summed E-state index contributed by atoms with van der Waals surface area (Å²) in [4.78, 5) is 9.81. The van der Waals surface area contributed by atoms with Gasteiger partial charge in [0.25, 0.3) is 0 Å². The third-order valence-corrected chi connectivity index (χ3v) is 7.03. The van der Waals surface area contributed by atoms with Gasteiger partial charge in [0.05, 0.1) is 12.1 Å². The molecule has 1 fully saturated rings. The highest BCUT2D eigenvalue weighted by molar-refractivity contribution is 5.86. The summed E-state index contributed by atoms with van der Waals surface area (Å²) in [5.41, 5.74) is 6.09. The summed E-state index contributed by atoms with van der Waals surface area (Å²) in [5, 5.41) is 21.7. The molecule has 2 unspecified atom stereocenters. The van der Waals surface area contributed by atoms with Crippen molar-refractivity contribution in [3.63, 3.8) is 0 Å². The molecule has 0 heterocycles. The Kier molecular flexibility index (Phi) is 9.54. The molecule has 3 rings (SSSR count). The number of hydrogen-bond donors (Lipinski definition) is 2. The predicted octanol–water partition coefficient (Wildman–Crippen LogP) is 7.71. The first-order valence-corrected chi connectivity index (χ1v) is 13.5. The number of aliphatic imine (C=N–C) groups is 2. The zero-order valence-electron chi connectivity index (χ0n) is 22.5. The van der Waals surface area contributed by atoms with E-state index in [0.717, 1.165) is 67.2 Å². The fourth-order valence-electron chi connectivity index (χ4n) is 5.05. The minimum absolute atomic E-state index is 0.0912. The van der Waals surface area contributed by atoms with Crippen LogP contribution in [-0.2, 0) is 12.8 Å². The second-order valence-corrected chi connectivity index (χ2v) is 10.7. The van der Waals surface area contributed by atoms with Gasteiger partial charge in [0.15, 0.2) is 0 Å². The highest BCUT2D eigenvalue weighted by Crippen LogP contribution is 2.33. The van der Waals surface area contributed by atoms with E-state index in [1.807, 2.05) is 12.4 Å². The molecule has 1 aliphatic carbocycles. The number of aromatic hydroxyl groups is 2. The fraction of sp³-hybridized carbons (Fsp3) is 0.548. The molecule has 1 aliphatic rings. The molecule has 4 heteroatoms. The van der Waals surface area contributed by atoms with Crippen molar-refractivity contribution in [3.05, 3.63) is 57.6 Å². The van der Waals surface area contributed by atoms with E-state index >= 15 is 0 Å². The average molecular weight is 477 g/mol. The van der Waals surface area contributed by atoms with Gasteiger partial charge in [-0.2, -0.15) is 0 Å². The Balaban J connectivity index is 1.85. The average Bonchev–Trinajstić information content (AvgIpc) is 3.26. The summed E-state index contributed by atoms with van der Waals surface area (Å²) in [5.74, 6) is 1.21. The molecular formula is C31H44N2O2. The number of nitrogens with zero attached hydrogens (tertiary/aromatic N) is 2. The van der Waals surface area contributed by atoms with Crippen LogP contribution in [-0.4, -0.2) is 34.7 Å². The Morgan fingerprint density at radius 2 is 1.14 bits per heavy atom. The quantitative estimate of drug-likeness (QED) is 0.345. The zero-order valence-corrected chi connectivity index (χ0v) is 22.5. The minimum atomic E-state index is 0.0912. The smallest absolute Gasteiger partial charge is 0.127 e. The first-order chi connectivity index (χ1) is 16.7. The molecule has 190 valence electrons. The molecule has 2 N–H and O–H groups in total. The van der Waals surface area contributed by atoms with Gasteiger partial charge in [-0.1, -0.05) is 66.5 Å². The van der Waals surface area contributed by atoms with E-state index in [-0.39, 0.29) is 23.9 Å². The van der Waals surface area contributed by atoms with E-state index in [1.165, 1.54) is 11.1 Å². The van der Waals surface area contributed by atoms with E-state index in [1.54, 1.807) is 0 Å². The van der Waals surface area contributed by atoms with Gasteiger partial charge in [0, 0.05) is 23.6 Å². The van der Waals surface area contributed by atoms with Crippen molar-refractivity contribution in [2.75, 3.05) is 0 Å². The number of hydrogen-bond acceptors (Lipinski definition) is 4. The van der Waals surface area contributed by atoms with Crippen molar-refractivity contribution in [3.8, 4) is 11.5 Å². The standard InChI is InChI=1S/C31H44N2O2/c1-7-10-22-14-24(30(34)26(16-22)20(3)4)18-32-28-12-9-13-29(28)33-19-25-15-23(11-8-2)17-27(21(5)6)31(25)35/h14-21,28-29,34-35H,7-13H2,1-6H3. The van der Waals surface area contributed by atoms with Crippen molar-refractivity contribution < 1.29 is 10.2 Å². The SMILES string of the molecule is CCCc1cc(C=NC2CCCC2N=Cc2cc(CCC)cc(C(C)C)c2O)c(O)c(C(C)C)c1. The molecule has 0 aromatic heterocycles. The van der Waals surface area contributed by atoms with Gasteiger partial charge in [-0.3, -0.25) is 9.98 Å². The Morgan fingerprint density at radius 1 is 0.743 bits per heavy atom. The molecule has 0 bridgehead atoms. The highest BCUT2D eigenvalue weighted by Gasteiger charge is 2.26. The lowest BCUT2D eigenvalue weighted by atomic mass is 9.94. The summed E-state index contributed by atoms with van der Waals surface area (Å²) >= 11 is 0. The number of benzene rings is 2. The first-order valence-electron chi connectivity index (χ1n) is 13.5. The molecule has 4 nitrogen and oxygen atoms in total. The van der Waals surface area contributed by atoms with Crippen molar-refractivity contribution in [2.24, 2.45) is 9.98 Å². The number of rotatable bonds is 10. The Morgan fingerprint density at radius 3 is 1.49 bits per heavy atom. The van der Waals surface area contributed by atoms with Crippen LogP contribution >= 0.6 is 0 Å². The lowest BCUT2D eigenvalue weighted by Crippen LogP contribution is -2.16. The van der Waals surface area contributed by atoms with Gasteiger partial charge >= 0.3 is 0 Å². The van der Waals surface area contributed by atoms with Crippen molar-refractivity contribution in [1.82, 2.24) is 0 Å². The number of phenols is 2. The maximum absolute atomic E-state index is 10.9. The van der Waals surface area contributed by atoms with Gasteiger partial charge < -0.3 is 10.2 Å². The van der Waals surface area contributed by atoms with Crippen molar-refractivity contribution in [1.29, 1.82) is 0 Å². The van der Waals surface area contributed by atoms with Crippen LogP contribution in [0, 0.1) is 0 Å². The minimum Gasteiger partial charge on any atom is -0.507 e. The predicted molar refractivity (Wildman–Crippen MR) is 149 cm³/mol. The van der Waals surface area contributed by atoms with Gasteiger partial charge in [0.2, 0.25) is 0 Å². The molecule has 35 heavy (non-hydrogen) atoms. The van der Waals surface area contributed by atoms with Gasteiger partial charge in [-0.05, 0) is 78.3 Å². The third-order valence-electron chi connectivity index (χ3n) is 7.03. The van der Waals surface area contributed by atoms with Gasteiger partial charge in [-0.15, -0.1) is 0 Å². The second kappa shape index (κ2) is 12.4. The summed E-state index contributed by atoms with van der Waals surface area (Å²) < 4.78 is 0. The largest absolute Gasteiger partial charge is 0.507 e. The summed E-state index contributed by atoms with van der Waals surface area (Å²) in [6.45, 7) is 12.8. The summed E-state index contributed by atoms with van der Waals surface area (Å²) in [7, 11) is 0. The fourth-order valence-corrected chi connectivity index (χ4v) is 5.05. The monoisotopic (exact) mass is 476 g/mol. The Bertz CT molecular complexity index is 969. The molecular weight excluding hydrogens is 432 g/mol. The Labute approximate surface area is 212 Å². The lowest BCUT2D eigenvalue weighted by Gasteiger charge is -2.15. The molecule has 0 radical (unpaired) electrons. The topological polar surface area (TPSA) is 65.2 Å². The molecule has 2 aromatic rings. The van der Waals surface area contributed by atoms with Crippen LogP contribution in [0.5, 0.6) is 11.5 Å². The van der Waals surface area contributed by atoms with Gasteiger partial charge in [-0.25, -0.2) is 0 Å². The maximum Gasteiger partial charge on any atom is 0.127 e. The molecule has 1 saturated carbocycles. The normalized spacial score (nSPS) is 18.6. The lowest BCUT2D eigenvalue weighted by molar-refractivity contribution is 0.463. The van der Waals surface area contributed by atoms with E-state index in [2.05, 4.69) is 65.8 Å². The van der Waals surface area contributed by atoms with Crippen molar-refractivity contribution in [2.45, 2.75) is 110 Å². The molecule has 0 spiro atoms. The third kappa shape index (κ3) is 6.74. The molecule has 2 aromatic carbocycles. The van der Waals surface area contributed by atoms with E-state index in [4.69, 9.17) is 9.98 Å². The van der Waals surface area contributed by atoms with Crippen LogP contribution < -0.4 is 0 Å². The van der Waals surface area contributed by atoms with Crippen LogP contribution in [0.4, 0.5) is 0 Å². The van der Waals surface area contributed by atoms with E-state index in [9.17, 15) is 10.2 Å². The molecule has 0 amide bonds. The van der Waals surface area contributed by atoms with Crippen LogP contribution in [0.1, 0.15) is 119 Å². The highest BCUT2D eigenvalue weighted by atomic mass is 16.3. The molecule has 0 saturated heterocycles. The van der Waals surface area contributed by atoms with Crippen LogP contribution in [0.15, 0.2) is 34.3 Å². The summed E-state index contributed by atoms with van der Waals surface area (Å²) in [6, 6.07) is 8.60. The summed E-state index contributed by atoms with van der Waals surface area (Å²) in [6.07, 6.45) is 10.9. The Hall–Kier alpha value is -2.62. The van der Waals surface area contributed by atoms with Crippen LogP contribution in [0.25, 0.3) is 0 Å².